The Balaban J connectivity index is 2.66. The Morgan fingerprint density at radius 2 is 2.12 bits per heavy atom. The zero-order chi connectivity index (χ0) is 12.4. The number of hydrogen-bond acceptors (Lipinski definition) is 3. The molecule has 6 heteroatoms. The summed E-state index contributed by atoms with van der Waals surface area (Å²) in [6.45, 7) is 0. The van der Waals surface area contributed by atoms with E-state index in [2.05, 4.69) is 37.0 Å². The third kappa shape index (κ3) is 2.30. The van der Waals surface area contributed by atoms with Gasteiger partial charge in [-0.25, -0.2) is 0 Å². The molecule has 0 spiro atoms. The largest absolute Gasteiger partial charge is 0.286 e. The first kappa shape index (κ1) is 12.0. The van der Waals surface area contributed by atoms with Crippen LogP contribution in [0.3, 0.4) is 0 Å². The second-order valence-electron chi connectivity index (χ2n) is 3.19. The smallest absolute Gasteiger partial charge is 0.266 e. The highest BCUT2D eigenvalue weighted by molar-refractivity contribution is 9.13. The fraction of sp³-hybridized carbons (Fsp3) is 0. The third-order valence-electron chi connectivity index (χ3n) is 2.10. The summed E-state index contributed by atoms with van der Waals surface area (Å²) < 4.78 is 2.22. The molecule has 1 aromatic carbocycles. The number of rotatable bonds is 1. The van der Waals surface area contributed by atoms with Crippen molar-refractivity contribution in [3.63, 3.8) is 0 Å². The lowest BCUT2D eigenvalue weighted by molar-refractivity contribution is 0.796. The van der Waals surface area contributed by atoms with Gasteiger partial charge in [-0.3, -0.25) is 4.79 Å². The molecule has 0 unspecified atom stereocenters. The molecule has 0 saturated heterocycles. The van der Waals surface area contributed by atoms with Crippen LogP contribution in [0.4, 0.5) is 0 Å². The minimum atomic E-state index is -0.283. The lowest BCUT2D eigenvalue weighted by atomic mass is 10.2. The maximum atomic E-state index is 11.9. The maximum Gasteiger partial charge on any atom is 0.286 e. The van der Waals surface area contributed by atoms with Gasteiger partial charge in [0.25, 0.3) is 5.56 Å². The van der Waals surface area contributed by atoms with E-state index >= 15 is 0 Å². The Morgan fingerprint density at radius 3 is 2.82 bits per heavy atom. The fourth-order valence-electron chi connectivity index (χ4n) is 1.30. The van der Waals surface area contributed by atoms with Gasteiger partial charge in [0.2, 0.25) is 0 Å². The van der Waals surface area contributed by atoms with Gasteiger partial charge in [-0.2, -0.15) is 15.0 Å². The Bertz CT molecular complexity index is 673. The summed E-state index contributed by atoms with van der Waals surface area (Å²) in [7, 11) is 0. The molecular weight excluding hydrogens is 350 g/mol. The van der Waals surface area contributed by atoms with Crippen molar-refractivity contribution in [2.45, 2.75) is 0 Å². The van der Waals surface area contributed by atoms with E-state index in [1.54, 1.807) is 24.3 Å². The van der Waals surface area contributed by atoms with E-state index in [1.165, 1.54) is 10.9 Å². The quantitative estimate of drug-likeness (QED) is 0.790. The molecule has 0 saturated carbocycles. The zero-order valence-corrected chi connectivity index (χ0v) is 11.6. The minimum Gasteiger partial charge on any atom is -0.266 e. The highest BCUT2D eigenvalue weighted by Gasteiger charge is 2.08. The first-order valence-corrected chi connectivity index (χ1v) is 6.16. The van der Waals surface area contributed by atoms with Crippen LogP contribution < -0.4 is 5.56 Å². The summed E-state index contributed by atoms with van der Waals surface area (Å²) in [5.41, 5.74) is 0.756. The molecule has 0 radical (unpaired) electrons. The predicted molar refractivity (Wildman–Crippen MR) is 69.9 cm³/mol. The number of nitriles is 1. The van der Waals surface area contributed by atoms with E-state index in [9.17, 15) is 4.79 Å². The molecule has 1 heterocycles. The van der Waals surface area contributed by atoms with Crippen molar-refractivity contribution in [2.75, 3.05) is 0 Å². The van der Waals surface area contributed by atoms with Crippen LogP contribution >= 0.6 is 31.9 Å². The fourth-order valence-corrected chi connectivity index (χ4v) is 1.84. The summed E-state index contributed by atoms with van der Waals surface area (Å²) in [5.74, 6) is 0. The topological polar surface area (TPSA) is 58.7 Å². The predicted octanol–water partition coefficient (Wildman–Crippen LogP) is 2.63. The molecule has 0 aliphatic rings. The number of nitrogens with zero attached hydrogens (tertiary/aromatic N) is 3. The van der Waals surface area contributed by atoms with Gasteiger partial charge < -0.3 is 0 Å². The summed E-state index contributed by atoms with van der Waals surface area (Å²) in [6.07, 6.45) is 1.52. The summed E-state index contributed by atoms with van der Waals surface area (Å²) in [4.78, 5) is 11.9. The van der Waals surface area contributed by atoms with Gasteiger partial charge in [-0.15, -0.1) is 0 Å². The summed E-state index contributed by atoms with van der Waals surface area (Å²) in [5, 5.41) is 12.8. The molecular formula is C11H5Br2N3O. The van der Waals surface area contributed by atoms with Gasteiger partial charge in [-0.05, 0) is 50.1 Å². The van der Waals surface area contributed by atoms with Crippen LogP contribution in [0.15, 0.2) is 44.2 Å². The maximum absolute atomic E-state index is 11.9. The van der Waals surface area contributed by atoms with Gasteiger partial charge in [0, 0.05) is 0 Å². The molecule has 0 aliphatic carbocycles. The summed E-state index contributed by atoms with van der Waals surface area (Å²) in [6, 6.07) is 8.72. The second-order valence-corrected chi connectivity index (χ2v) is 4.83. The highest BCUT2D eigenvalue weighted by Crippen LogP contribution is 2.17. The van der Waals surface area contributed by atoms with Crippen LogP contribution in [-0.2, 0) is 0 Å². The first-order chi connectivity index (χ1) is 8.13. The highest BCUT2D eigenvalue weighted by atomic mass is 79.9. The van der Waals surface area contributed by atoms with Crippen LogP contribution in [0.2, 0.25) is 0 Å². The van der Waals surface area contributed by atoms with Crippen LogP contribution in [0.25, 0.3) is 5.69 Å². The van der Waals surface area contributed by atoms with Crippen molar-refractivity contribution >= 4 is 31.9 Å². The van der Waals surface area contributed by atoms with E-state index in [-0.39, 0.29) is 5.56 Å². The monoisotopic (exact) mass is 353 g/mol. The van der Waals surface area contributed by atoms with Gasteiger partial charge >= 0.3 is 0 Å². The lowest BCUT2D eigenvalue weighted by Gasteiger charge is -2.05. The molecule has 0 atom stereocenters. The normalized spacial score (nSPS) is 9.94. The molecule has 0 fully saturated rings. The van der Waals surface area contributed by atoms with Crippen molar-refractivity contribution in [1.82, 2.24) is 9.78 Å². The summed E-state index contributed by atoms with van der Waals surface area (Å²) >= 11 is 6.38. The average molecular weight is 355 g/mol. The minimum absolute atomic E-state index is 0.283. The number of benzene rings is 1. The lowest BCUT2D eigenvalue weighted by Crippen LogP contribution is -2.21. The van der Waals surface area contributed by atoms with Crippen molar-refractivity contribution in [2.24, 2.45) is 0 Å². The Labute approximate surface area is 114 Å². The van der Waals surface area contributed by atoms with Crippen LogP contribution in [0.5, 0.6) is 0 Å². The van der Waals surface area contributed by atoms with Gasteiger partial charge in [0.1, 0.15) is 4.47 Å². The Morgan fingerprint density at radius 1 is 1.35 bits per heavy atom. The van der Waals surface area contributed by atoms with Crippen LogP contribution in [0.1, 0.15) is 5.56 Å². The van der Waals surface area contributed by atoms with E-state index in [4.69, 9.17) is 5.26 Å². The van der Waals surface area contributed by atoms with Gasteiger partial charge in [-0.1, -0.05) is 6.07 Å². The molecule has 4 nitrogen and oxygen atoms in total. The molecule has 2 rings (SSSR count). The van der Waals surface area contributed by atoms with Crippen molar-refractivity contribution in [3.05, 3.63) is 55.3 Å². The van der Waals surface area contributed by atoms with Crippen molar-refractivity contribution in [3.8, 4) is 11.8 Å². The molecule has 0 bridgehead atoms. The second kappa shape index (κ2) is 4.82. The van der Waals surface area contributed by atoms with Crippen LogP contribution in [-0.4, -0.2) is 9.78 Å². The van der Waals surface area contributed by atoms with Crippen molar-refractivity contribution in [1.29, 1.82) is 5.26 Å². The first-order valence-electron chi connectivity index (χ1n) is 4.57. The SMILES string of the molecule is N#Cc1cccc(-n2ncc(Br)c(Br)c2=O)c1. The van der Waals surface area contributed by atoms with Crippen molar-refractivity contribution < 1.29 is 0 Å². The number of aromatic nitrogens is 2. The molecule has 0 aliphatic heterocycles. The van der Waals surface area contributed by atoms with Gasteiger partial charge in [0.15, 0.2) is 0 Å². The Kier molecular flexibility index (Phi) is 3.41. The molecule has 17 heavy (non-hydrogen) atoms. The molecule has 84 valence electrons. The zero-order valence-electron chi connectivity index (χ0n) is 8.39. The Hall–Kier alpha value is -1.45. The molecule has 2 aromatic rings. The number of halogens is 2. The van der Waals surface area contributed by atoms with Crippen LogP contribution in [0, 0.1) is 11.3 Å². The molecule has 0 N–H and O–H groups in total. The van der Waals surface area contributed by atoms with E-state index in [0.29, 0.717) is 20.2 Å². The average Bonchev–Trinajstić information content (AvgIpc) is 2.36. The molecule has 0 amide bonds. The van der Waals surface area contributed by atoms with E-state index in [1.807, 2.05) is 6.07 Å². The van der Waals surface area contributed by atoms with E-state index < -0.39 is 0 Å². The molecule has 1 aromatic heterocycles. The van der Waals surface area contributed by atoms with E-state index in [0.717, 1.165) is 0 Å². The third-order valence-corrected chi connectivity index (χ3v) is 4.00. The van der Waals surface area contributed by atoms with Gasteiger partial charge in [0.05, 0.1) is 28.0 Å². The standard InChI is InChI=1S/C11H5Br2N3O/c12-9-6-15-16(11(17)10(9)13)8-3-1-2-7(4-8)5-14/h1-4,6H. The number of hydrogen-bond donors (Lipinski definition) is 0.